The summed E-state index contributed by atoms with van der Waals surface area (Å²) in [7, 11) is 0. The van der Waals surface area contributed by atoms with Crippen LogP contribution in [0.1, 0.15) is 30.1 Å². The average molecular weight is 566 g/mol. The summed E-state index contributed by atoms with van der Waals surface area (Å²) in [4.78, 5) is 34.2. The number of likely N-dealkylation sites (tertiary alicyclic amines) is 1. The molecule has 42 heavy (non-hydrogen) atoms. The number of hydrogen-bond acceptors (Lipinski definition) is 8. The normalized spacial score (nSPS) is 16.3. The molecule has 0 aliphatic carbocycles. The summed E-state index contributed by atoms with van der Waals surface area (Å²) < 4.78 is 13.7. The van der Waals surface area contributed by atoms with Gasteiger partial charge in [0, 0.05) is 67.2 Å². The van der Waals surface area contributed by atoms with Gasteiger partial charge in [0.05, 0.1) is 36.3 Å². The van der Waals surface area contributed by atoms with E-state index in [4.69, 9.17) is 24.4 Å². The van der Waals surface area contributed by atoms with Crippen molar-refractivity contribution in [1.82, 2.24) is 29.2 Å². The van der Waals surface area contributed by atoms with Gasteiger partial charge in [-0.2, -0.15) is 0 Å². The molecule has 2 fully saturated rings. The molecule has 5 aromatic rings. The third-order valence-corrected chi connectivity index (χ3v) is 8.04. The largest absolute Gasteiger partial charge is 0.471 e. The number of benzene rings is 1. The van der Waals surface area contributed by atoms with Crippen LogP contribution >= 0.6 is 0 Å². The lowest BCUT2D eigenvalue weighted by Crippen LogP contribution is -2.37. The number of carboxylic acid groups (broad SMARTS) is 1. The standard InChI is InChI=1S/C31H31N7O4/c39-31(40)37-11-9-22(10-12-37)25-7-5-23(17-32-25)27-18-33-29(36-13-15-41-16-14-36)30-34-24(19-38(27)30)20-42-28-8-6-21-3-1-2-4-26(21)35-28/h1-8,17-19,22H,9-16,20H2,(H,39,40). The van der Waals surface area contributed by atoms with Gasteiger partial charge >= 0.3 is 6.09 Å². The van der Waals surface area contributed by atoms with Crippen molar-refractivity contribution in [2.45, 2.75) is 25.4 Å². The predicted octanol–water partition coefficient (Wildman–Crippen LogP) is 4.61. The number of anilines is 1. The Hall–Kier alpha value is -4.77. The van der Waals surface area contributed by atoms with E-state index in [1.165, 1.54) is 4.90 Å². The fourth-order valence-corrected chi connectivity index (χ4v) is 5.73. The zero-order valence-corrected chi connectivity index (χ0v) is 23.1. The Balaban J connectivity index is 1.17. The first kappa shape index (κ1) is 26.1. The highest BCUT2D eigenvalue weighted by Crippen LogP contribution is 2.30. The molecule has 1 N–H and O–H groups in total. The molecule has 11 nitrogen and oxygen atoms in total. The minimum atomic E-state index is -0.854. The van der Waals surface area contributed by atoms with Crippen LogP contribution in [0, 0.1) is 0 Å². The Morgan fingerprint density at radius 3 is 2.57 bits per heavy atom. The molecule has 0 spiro atoms. The zero-order chi connectivity index (χ0) is 28.5. The van der Waals surface area contributed by atoms with Crippen molar-refractivity contribution in [3.8, 4) is 17.1 Å². The highest BCUT2D eigenvalue weighted by atomic mass is 16.5. The van der Waals surface area contributed by atoms with E-state index in [-0.39, 0.29) is 12.5 Å². The van der Waals surface area contributed by atoms with Crippen LogP contribution in [-0.4, -0.2) is 79.8 Å². The van der Waals surface area contributed by atoms with E-state index in [0.717, 1.165) is 70.9 Å². The molecule has 0 unspecified atom stereocenters. The Bertz CT molecular complexity index is 1730. The molecule has 1 amide bonds. The molecule has 2 aliphatic heterocycles. The Morgan fingerprint density at radius 2 is 1.79 bits per heavy atom. The topological polar surface area (TPSA) is 118 Å². The molecule has 214 valence electrons. The number of piperidine rings is 1. The van der Waals surface area contributed by atoms with Crippen molar-refractivity contribution in [1.29, 1.82) is 0 Å². The fraction of sp³-hybridized carbons (Fsp3) is 0.323. The quantitative estimate of drug-likeness (QED) is 0.315. The van der Waals surface area contributed by atoms with Gasteiger partial charge in [0.15, 0.2) is 11.5 Å². The first-order chi connectivity index (χ1) is 20.6. The minimum Gasteiger partial charge on any atom is -0.471 e. The third-order valence-electron chi connectivity index (χ3n) is 8.04. The van der Waals surface area contributed by atoms with Gasteiger partial charge in [0.25, 0.3) is 0 Å². The van der Waals surface area contributed by atoms with Gasteiger partial charge in [-0.15, -0.1) is 0 Å². The summed E-state index contributed by atoms with van der Waals surface area (Å²) >= 11 is 0. The van der Waals surface area contributed by atoms with Crippen LogP contribution in [0.15, 0.2) is 67.1 Å². The van der Waals surface area contributed by atoms with Crippen LogP contribution in [0.2, 0.25) is 0 Å². The van der Waals surface area contributed by atoms with Crippen LogP contribution in [0.4, 0.5) is 10.6 Å². The van der Waals surface area contributed by atoms with Gasteiger partial charge in [-0.05, 0) is 37.1 Å². The van der Waals surface area contributed by atoms with E-state index in [1.807, 2.05) is 61.1 Å². The number of amides is 1. The molecule has 2 aliphatic rings. The number of nitrogens with zero attached hydrogens (tertiary/aromatic N) is 7. The summed E-state index contributed by atoms with van der Waals surface area (Å²) in [6.45, 7) is 4.13. The lowest BCUT2D eigenvalue weighted by Gasteiger charge is -2.29. The second-order valence-corrected chi connectivity index (χ2v) is 10.6. The summed E-state index contributed by atoms with van der Waals surface area (Å²) in [5.41, 5.74) is 5.20. The number of pyridine rings is 2. The molecule has 0 bridgehead atoms. The lowest BCUT2D eigenvalue weighted by molar-refractivity contribution is 0.122. The second-order valence-electron chi connectivity index (χ2n) is 10.6. The van der Waals surface area contributed by atoms with Gasteiger partial charge in [-0.25, -0.2) is 19.7 Å². The van der Waals surface area contributed by atoms with Crippen molar-refractivity contribution in [2.24, 2.45) is 0 Å². The Kier molecular flexibility index (Phi) is 7.00. The summed E-state index contributed by atoms with van der Waals surface area (Å²) in [6, 6.07) is 15.9. The Labute approximate surface area is 242 Å². The van der Waals surface area contributed by atoms with Crippen molar-refractivity contribution >= 4 is 28.5 Å². The van der Waals surface area contributed by atoms with Gasteiger partial charge in [-0.1, -0.05) is 18.2 Å². The first-order valence-corrected chi connectivity index (χ1v) is 14.2. The molecule has 0 radical (unpaired) electrons. The number of fused-ring (bicyclic) bond motifs is 2. The van der Waals surface area contributed by atoms with E-state index in [2.05, 4.69) is 20.4 Å². The molecule has 2 saturated heterocycles. The van der Waals surface area contributed by atoms with E-state index in [1.54, 1.807) is 0 Å². The van der Waals surface area contributed by atoms with Crippen LogP contribution in [0.5, 0.6) is 5.88 Å². The van der Waals surface area contributed by atoms with Crippen LogP contribution in [-0.2, 0) is 11.3 Å². The highest BCUT2D eigenvalue weighted by molar-refractivity contribution is 5.78. The van der Waals surface area contributed by atoms with Crippen LogP contribution < -0.4 is 9.64 Å². The molecule has 4 aromatic heterocycles. The molecular weight excluding hydrogens is 534 g/mol. The molecule has 0 saturated carbocycles. The monoisotopic (exact) mass is 565 g/mol. The van der Waals surface area contributed by atoms with Gasteiger partial charge < -0.3 is 24.4 Å². The van der Waals surface area contributed by atoms with E-state index < -0.39 is 6.09 Å². The van der Waals surface area contributed by atoms with E-state index in [0.29, 0.717) is 32.2 Å². The van der Waals surface area contributed by atoms with Crippen molar-refractivity contribution in [3.05, 3.63) is 78.5 Å². The number of imidazole rings is 1. The first-order valence-electron chi connectivity index (χ1n) is 14.2. The van der Waals surface area contributed by atoms with Crippen molar-refractivity contribution in [2.75, 3.05) is 44.3 Å². The van der Waals surface area contributed by atoms with E-state index >= 15 is 0 Å². The molecule has 1 aromatic carbocycles. The smallest absolute Gasteiger partial charge is 0.407 e. The van der Waals surface area contributed by atoms with Crippen molar-refractivity contribution < 1.29 is 19.4 Å². The summed E-state index contributed by atoms with van der Waals surface area (Å²) in [5.74, 6) is 1.61. The van der Waals surface area contributed by atoms with Gasteiger partial charge in [-0.3, -0.25) is 9.38 Å². The highest BCUT2D eigenvalue weighted by Gasteiger charge is 2.25. The summed E-state index contributed by atoms with van der Waals surface area (Å²) in [6.07, 6.45) is 6.43. The molecular formula is C31H31N7O4. The van der Waals surface area contributed by atoms with Gasteiger partial charge in [0.1, 0.15) is 6.61 Å². The fourth-order valence-electron chi connectivity index (χ4n) is 5.73. The molecule has 0 atom stereocenters. The van der Waals surface area contributed by atoms with Crippen LogP contribution in [0.3, 0.4) is 0 Å². The number of hydrogen-bond donors (Lipinski definition) is 1. The maximum Gasteiger partial charge on any atom is 0.407 e. The number of para-hydroxylation sites is 1. The number of morpholine rings is 1. The van der Waals surface area contributed by atoms with Gasteiger partial charge in [0.2, 0.25) is 5.88 Å². The van der Waals surface area contributed by atoms with Crippen molar-refractivity contribution in [3.63, 3.8) is 0 Å². The van der Waals surface area contributed by atoms with Crippen LogP contribution in [0.25, 0.3) is 27.8 Å². The second kappa shape index (κ2) is 11.2. The number of ether oxygens (including phenoxy) is 2. The lowest BCUT2D eigenvalue weighted by atomic mass is 9.93. The maximum atomic E-state index is 11.3. The van der Waals surface area contributed by atoms with E-state index in [9.17, 15) is 9.90 Å². The maximum absolute atomic E-state index is 11.3. The minimum absolute atomic E-state index is 0.247. The molecule has 11 heteroatoms. The number of rotatable bonds is 6. The predicted molar refractivity (Wildman–Crippen MR) is 157 cm³/mol. The third kappa shape index (κ3) is 5.18. The molecule has 6 heterocycles. The Morgan fingerprint density at radius 1 is 0.952 bits per heavy atom. The number of carbonyl (C=O) groups is 1. The summed E-state index contributed by atoms with van der Waals surface area (Å²) in [5, 5.41) is 10.3. The zero-order valence-electron chi connectivity index (χ0n) is 23.1. The SMILES string of the molecule is O=C(O)N1CCC(c2ccc(-c3cnc(N4CCOCC4)c4nc(COc5ccc6ccccc6n5)cn34)cn2)CC1. The average Bonchev–Trinajstić information content (AvgIpc) is 3.48. The number of aromatic nitrogens is 5. The molecule has 7 rings (SSSR count).